The van der Waals surface area contributed by atoms with Crippen molar-refractivity contribution in [3.8, 4) is 17.2 Å². The number of anilines is 1. The van der Waals surface area contributed by atoms with Crippen molar-refractivity contribution < 1.29 is 19.7 Å². The van der Waals surface area contributed by atoms with Gasteiger partial charge < -0.3 is 20.3 Å². The summed E-state index contributed by atoms with van der Waals surface area (Å²) in [5, 5.41) is 22.4. The molecule has 1 aliphatic rings. The smallest absolute Gasteiger partial charge is 0.257 e. The van der Waals surface area contributed by atoms with Crippen molar-refractivity contribution in [1.29, 1.82) is 0 Å². The van der Waals surface area contributed by atoms with Gasteiger partial charge in [0.2, 0.25) is 0 Å². The van der Waals surface area contributed by atoms with Gasteiger partial charge in [0, 0.05) is 11.1 Å². The number of aromatic nitrogens is 1. The Labute approximate surface area is 145 Å². The number of amides is 1. The predicted molar refractivity (Wildman–Crippen MR) is 95.7 cm³/mol. The standard InChI is InChI=1S/C19H18N2O4/c1-10-16-13(19(24)21-18(16)20-11(2)17(10)23)6-4-5-12-7-8-14(22)15(9-12)25-3/h4-9,22-23H,1-3H3,(H,20,21,24). The highest BCUT2D eigenvalue weighted by Crippen LogP contribution is 2.38. The van der Waals surface area contributed by atoms with E-state index in [1.54, 1.807) is 44.2 Å². The zero-order valence-electron chi connectivity index (χ0n) is 14.1. The number of nitrogens with one attached hydrogen (secondary N) is 1. The lowest BCUT2D eigenvalue weighted by Crippen LogP contribution is -2.04. The van der Waals surface area contributed by atoms with Gasteiger partial charge in [-0.2, -0.15) is 0 Å². The molecule has 2 aromatic rings. The minimum atomic E-state index is -0.261. The number of hydrogen-bond donors (Lipinski definition) is 3. The monoisotopic (exact) mass is 338 g/mol. The number of phenolic OH excluding ortho intramolecular Hbond substituents is 1. The fraction of sp³-hybridized carbons (Fsp3) is 0.158. The molecule has 3 rings (SSSR count). The molecule has 0 unspecified atom stereocenters. The fourth-order valence-electron chi connectivity index (χ4n) is 2.76. The number of aromatic hydroxyl groups is 2. The van der Waals surface area contributed by atoms with Gasteiger partial charge in [-0.25, -0.2) is 4.98 Å². The molecule has 0 saturated heterocycles. The van der Waals surface area contributed by atoms with Gasteiger partial charge >= 0.3 is 0 Å². The Morgan fingerprint density at radius 3 is 2.72 bits per heavy atom. The van der Waals surface area contributed by atoms with Crippen molar-refractivity contribution in [3.05, 3.63) is 52.7 Å². The number of allylic oxidation sites excluding steroid dienone is 2. The summed E-state index contributed by atoms with van der Waals surface area (Å²) in [6, 6.07) is 4.96. The molecule has 0 aliphatic carbocycles. The molecule has 0 spiro atoms. The van der Waals surface area contributed by atoms with Crippen LogP contribution in [0.3, 0.4) is 0 Å². The number of phenols is 1. The number of rotatable bonds is 3. The molecular weight excluding hydrogens is 320 g/mol. The second-order valence-corrected chi connectivity index (χ2v) is 5.72. The minimum absolute atomic E-state index is 0.0645. The average Bonchev–Trinajstić information content (AvgIpc) is 2.89. The molecule has 6 heteroatoms. The molecule has 3 N–H and O–H groups in total. The van der Waals surface area contributed by atoms with Crippen molar-refractivity contribution in [2.75, 3.05) is 12.4 Å². The van der Waals surface area contributed by atoms with E-state index in [4.69, 9.17) is 4.74 Å². The number of methoxy groups -OCH3 is 1. The third-order valence-electron chi connectivity index (χ3n) is 4.09. The predicted octanol–water partition coefficient (Wildman–Crippen LogP) is 3.17. The van der Waals surface area contributed by atoms with Gasteiger partial charge in [0.25, 0.3) is 5.91 Å². The second-order valence-electron chi connectivity index (χ2n) is 5.72. The van der Waals surface area contributed by atoms with Crippen molar-refractivity contribution in [3.63, 3.8) is 0 Å². The first-order valence-electron chi connectivity index (χ1n) is 7.69. The third kappa shape index (κ3) is 2.94. The van der Waals surface area contributed by atoms with Gasteiger partial charge in [-0.15, -0.1) is 0 Å². The van der Waals surface area contributed by atoms with Crippen LogP contribution in [0.5, 0.6) is 17.2 Å². The molecule has 0 bridgehead atoms. The van der Waals surface area contributed by atoms with Crippen molar-refractivity contribution in [2.45, 2.75) is 13.8 Å². The van der Waals surface area contributed by atoms with E-state index in [0.29, 0.717) is 34.0 Å². The molecular formula is C19H18N2O4. The maximum Gasteiger partial charge on any atom is 0.257 e. The Bertz CT molecular complexity index is 930. The number of carbonyl (C=O) groups excluding carboxylic acids is 1. The van der Waals surface area contributed by atoms with Crippen LogP contribution in [0.2, 0.25) is 0 Å². The van der Waals surface area contributed by atoms with Gasteiger partial charge in [0.1, 0.15) is 11.6 Å². The van der Waals surface area contributed by atoms with Gasteiger partial charge in [-0.3, -0.25) is 4.79 Å². The van der Waals surface area contributed by atoms with E-state index in [1.165, 1.54) is 13.2 Å². The number of hydrogen-bond acceptors (Lipinski definition) is 5. The van der Waals surface area contributed by atoms with Crippen LogP contribution >= 0.6 is 0 Å². The van der Waals surface area contributed by atoms with E-state index in [2.05, 4.69) is 10.3 Å². The summed E-state index contributed by atoms with van der Waals surface area (Å²) in [5.41, 5.74) is 2.96. The highest BCUT2D eigenvalue weighted by atomic mass is 16.5. The first-order chi connectivity index (χ1) is 11.9. The van der Waals surface area contributed by atoms with E-state index >= 15 is 0 Å². The van der Waals surface area contributed by atoms with Crippen molar-refractivity contribution >= 4 is 23.4 Å². The molecule has 6 nitrogen and oxygen atoms in total. The highest BCUT2D eigenvalue weighted by molar-refractivity contribution is 6.31. The molecule has 1 amide bonds. The Hall–Kier alpha value is -3.28. The summed E-state index contributed by atoms with van der Waals surface area (Å²) in [6.45, 7) is 3.44. The summed E-state index contributed by atoms with van der Waals surface area (Å²) < 4.78 is 5.07. The third-order valence-corrected chi connectivity index (χ3v) is 4.09. The second kappa shape index (κ2) is 6.32. The fourth-order valence-corrected chi connectivity index (χ4v) is 2.76. The molecule has 1 aromatic carbocycles. The van der Waals surface area contributed by atoms with Crippen LogP contribution in [0.15, 0.2) is 30.4 Å². The number of pyridine rings is 1. The molecule has 128 valence electrons. The maximum atomic E-state index is 12.2. The molecule has 0 radical (unpaired) electrons. The Kier molecular flexibility index (Phi) is 4.19. The maximum absolute atomic E-state index is 12.2. The molecule has 2 heterocycles. The summed E-state index contributed by atoms with van der Waals surface area (Å²) in [7, 11) is 1.48. The highest BCUT2D eigenvalue weighted by Gasteiger charge is 2.28. The lowest BCUT2D eigenvalue weighted by Gasteiger charge is -2.07. The van der Waals surface area contributed by atoms with Gasteiger partial charge in [0.05, 0.1) is 18.4 Å². The van der Waals surface area contributed by atoms with Gasteiger partial charge in [-0.05, 0) is 37.6 Å². The van der Waals surface area contributed by atoms with Crippen LogP contribution in [-0.2, 0) is 4.79 Å². The molecule has 25 heavy (non-hydrogen) atoms. The minimum Gasteiger partial charge on any atom is -0.506 e. The number of fused-ring (bicyclic) bond motifs is 1. The zero-order chi connectivity index (χ0) is 18.1. The van der Waals surface area contributed by atoms with E-state index in [1.807, 2.05) is 0 Å². The summed E-state index contributed by atoms with van der Waals surface area (Å²) in [6.07, 6.45) is 5.19. The lowest BCUT2D eigenvalue weighted by atomic mass is 10.0. The molecule has 0 fully saturated rings. The summed E-state index contributed by atoms with van der Waals surface area (Å²) >= 11 is 0. The molecule has 1 aliphatic heterocycles. The first-order valence-corrected chi connectivity index (χ1v) is 7.69. The number of nitrogens with zero attached hydrogens (tertiary/aromatic N) is 1. The molecule has 1 aromatic heterocycles. The van der Waals surface area contributed by atoms with Crippen LogP contribution in [-0.4, -0.2) is 28.2 Å². The van der Waals surface area contributed by atoms with Crippen LogP contribution in [0.4, 0.5) is 5.82 Å². The van der Waals surface area contributed by atoms with Crippen LogP contribution in [0.1, 0.15) is 22.4 Å². The Morgan fingerprint density at radius 1 is 1.24 bits per heavy atom. The van der Waals surface area contributed by atoms with Crippen molar-refractivity contribution in [2.24, 2.45) is 0 Å². The normalized spacial score (nSPS) is 14.8. The molecule has 0 atom stereocenters. The topological polar surface area (TPSA) is 91.7 Å². The van der Waals surface area contributed by atoms with E-state index in [9.17, 15) is 15.0 Å². The lowest BCUT2D eigenvalue weighted by molar-refractivity contribution is -0.110. The SMILES string of the molecule is COc1cc(C=CC=C2C(=O)Nc3nc(C)c(O)c(C)c32)ccc1O. The van der Waals surface area contributed by atoms with Crippen LogP contribution in [0, 0.1) is 13.8 Å². The number of ether oxygens (including phenoxy) is 1. The summed E-state index contributed by atoms with van der Waals surface area (Å²) in [4.78, 5) is 16.4. The van der Waals surface area contributed by atoms with Crippen LogP contribution < -0.4 is 10.1 Å². The number of aryl methyl sites for hydroxylation is 1. The van der Waals surface area contributed by atoms with E-state index < -0.39 is 0 Å². The molecule has 0 saturated carbocycles. The van der Waals surface area contributed by atoms with E-state index in [-0.39, 0.29) is 17.4 Å². The Morgan fingerprint density at radius 2 is 2.00 bits per heavy atom. The van der Waals surface area contributed by atoms with Crippen LogP contribution in [0.25, 0.3) is 11.6 Å². The number of benzene rings is 1. The summed E-state index contributed by atoms with van der Waals surface area (Å²) in [5.74, 6) is 0.731. The zero-order valence-corrected chi connectivity index (χ0v) is 14.1. The average molecular weight is 338 g/mol. The van der Waals surface area contributed by atoms with Gasteiger partial charge in [-0.1, -0.05) is 18.2 Å². The number of carbonyl (C=O) groups is 1. The van der Waals surface area contributed by atoms with Gasteiger partial charge in [0.15, 0.2) is 11.5 Å². The quantitative estimate of drug-likeness (QED) is 0.748. The largest absolute Gasteiger partial charge is 0.506 e. The Balaban J connectivity index is 1.96. The van der Waals surface area contributed by atoms with Crippen molar-refractivity contribution in [1.82, 2.24) is 4.98 Å². The first kappa shape index (κ1) is 16.6. The van der Waals surface area contributed by atoms with E-state index in [0.717, 1.165) is 5.56 Å².